The van der Waals surface area contributed by atoms with Gasteiger partial charge in [0.05, 0.1) is 11.7 Å². The minimum atomic E-state index is -0.518. The molecule has 1 saturated heterocycles. The summed E-state index contributed by atoms with van der Waals surface area (Å²) in [7, 11) is 0. The molecule has 21 heavy (non-hydrogen) atoms. The number of hydrogen-bond acceptors (Lipinski definition) is 3. The van der Waals surface area contributed by atoms with E-state index in [1.807, 2.05) is 0 Å². The SMILES string of the molecule is CC(COC1CCC(C(C)C)CC1)CC1(O)CCOCC1. The van der Waals surface area contributed by atoms with Gasteiger partial charge in [0.25, 0.3) is 0 Å². The van der Waals surface area contributed by atoms with Crippen molar-refractivity contribution < 1.29 is 14.6 Å². The first-order valence-corrected chi connectivity index (χ1v) is 8.90. The second-order valence-electron chi connectivity index (χ2n) is 7.76. The molecule has 1 aliphatic heterocycles. The van der Waals surface area contributed by atoms with Crippen LogP contribution in [0.4, 0.5) is 0 Å². The first-order valence-electron chi connectivity index (χ1n) is 8.90. The van der Waals surface area contributed by atoms with Crippen LogP contribution in [0.2, 0.25) is 0 Å². The lowest BCUT2D eigenvalue weighted by Crippen LogP contribution is -2.38. The van der Waals surface area contributed by atoms with Crippen LogP contribution in [0.1, 0.15) is 65.7 Å². The van der Waals surface area contributed by atoms with Crippen molar-refractivity contribution in [2.24, 2.45) is 17.8 Å². The third-order valence-electron chi connectivity index (χ3n) is 5.43. The zero-order valence-corrected chi connectivity index (χ0v) is 14.1. The minimum Gasteiger partial charge on any atom is -0.390 e. The van der Waals surface area contributed by atoms with Crippen LogP contribution in [0, 0.1) is 17.8 Å². The Kier molecular flexibility index (Phi) is 6.51. The summed E-state index contributed by atoms with van der Waals surface area (Å²) in [6.45, 7) is 9.06. The maximum absolute atomic E-state index is 10.5. The van der Waals surface area contributed by atoms with Gasteiger partial charge in [-0.25, -0.2) is 0 Å². The van der Waals surface area contributed by atoms with E-state index in [0.717, 1.165) is 37.7 Å². The summed E-state index contributed by atoms with van der Waals surface area (Å²) in [5.74, 6) is 2.13. The Morgan fingerprint density at radius 1 is 1.10 bits per heavy atom. The van der Waals surface area contributed by atoms with Gasteiger partial charge in [-0.15, -0.1) is 0 Å². The molecule has 0 bridgehead atoms. The van der Waals surface area contributed by atoms with E-state index in [4.69, 9.17) is 9.47 Å². The van der Waals surface area contributed by atoms with Crippen LogP contribution in [0.15, 0.2) is 0 Å². The van der Waals surface area contributed by atoms with E-state index >= 15 is 0 Å². The van der Waals surface area contributed by atoms with Gasteiger partial charge < -0.3 is 14.6 Å². The highest BCUT2D eigenvalue weighted by molar-refractivity contribution is 4.83. The van der Waals surface area contributed by atoms with E-state index in [9.17, 15) is 5.11 Å². The van der Waals surface area contributed by atoms with Crippen molar-refractivity contribution in [2.75, 3.05) is 19.8 Å². The molecular formula is C18H34O3. The van der Waals surface area contributed by atoms with Gasteiger partial charge in [-0.1, -0.05) is 20.8 Å². The van der Waals surface area contributed by atoms with Crippen molar-refractivity contribution in [3.05, 3.63) is 0 Å². The fraction of sp³-hybridized carbons (Fsp3) is 1.00. The summed E-state index contributed by atoms with van der Waals surface area (Å²) in [5, 5.41) is 10.5. The molecule has 2 fully saturated rings. The van der Waals surface area contributed by atoms with Gasteiger partial charge in [0.15, 0.2) is 0 Å². The summed E-state index contributed by atoms with van der Waals surface area (Å²) < 4.78 is 11.5. The van der Waals surface area contributed by atoms with E-state index in [2.05, 4.69) is 20.8 Å². The van der Waals surface area contributed by atoms with E-state index in [1.165, 1.54) is 25.7 Å². The van der Waals surface area contributed by atoms with Gasteiger partial charge in [-0.3, -0.25) is 0 Å². The first-order chi connectivity index (χ1) is 9.98. The highest BCUT2D eigenvalue weighted by Crippen LogP contribution is 2.32. The molecule has 1 N–H and O–H groups in total. The molecular weight excluding hydrogens is 264 g/mol. The molecule has 124 valence electrons. The molecule has 0 aromatic heterocycles. The summed E-state index contributed by atoms with van der Waals surface area (Å²) in [4.78, 5) is 0. The number of ether oxygens (including phenoxy) is 2. The average Bonchev–Trinajstić information content (AvgIpc) is 2.46. The molecule has 1 saturated carbocycles. The highest BCUT2D eigenvalue weighted by Gasteiger charge is 2.32. The maximum Gasteiger partial charge on any atom is 0.0695 e. The standard InChI is InChI=1S/C18H34O3/c1-14(2)16-4-6-17(7-5-16)21-13-15(3)12-18(19)8-10-20-11-9-18/h14-17,19H,4-13H2,1-3H3. The van der Waals surface area contributed by atoms with Crippen molar-refractivity contribution in [3.8, 4) is 0 Å². The third-order valence-corrected chi connectivity index (χ3v) is 5.43. The number of aliphatic hydroxyl groups is 1. The fourth-order valence-electron chi connectivity index (χ4n) is 3.89. The fourth-order valence-corrected chi connectivity index (χ4v) is 3.89. The van der Waals surface area contributed by atoms with Crippen molar-refractivity contribution in [3.63, 3.8) is 0 Å². The van der Waals surface area contributed by atoms with Crippen LogP contribution >= 0.6 is 0 Å². The van der Waals surface area contributed by atoms with Crippen molar-refractivity contribution in [1.82, 2.24) is 0 Å². The Labute approximate surface area is 130 Å². The summed E-state index contributed by atoms with van der Waals surface area (Å²) >= 11 is 0. The zero-order chi connectivity index (χ0) is 15.3. The largest absolute Gasteiger partial charge is 0.390 e. The second kappa shape index (κ2) is 7.94. The third kappa shape index (κ3) is 5.54. The molecule has 0 spiro atoms. The monoisotopic (exact) mass is 298 g/mol. The van der Waals surface area contributed by atoms with Gasteiger partial charge in [-0.05, 0) is 62.7 Å². The van der Waals surface area contributed by atoms with E-state index in [-0.39, 0.29) is 0 Å². The van der Waals surface area contributed by atoms with Crippen LogP contribution in [-0.2, 0) is 9.47 Å². The molecule has 2 rings (SSSR count). The molecule has 1 heterocycles. The molecule has 1 atom stereocenters. The Hall–Kier alpha value is -0.120. The molecule has 0 radical (unpaired) electrons. The molecule has 1 aliphatic carbocycles. The molecule has 0 amide bonds. The lowest BCUT2D eigenvalue weighted by atomic mass is 9.80. The Balaban J connectivity index is 1.64. The van der Waals surface area contributed by atoms with Gasteiger partial charge in [0.2, 0.25) is 0 Å². The Morgan fingerprint density at radius 2 is 1.71 bits per heavy atom. The maximum atomic E-state index is 10.5. The van der Waals surface area contributed by atoms with Crippen LogP contribution in [0.3, 0.4) is 0 Å². The van der Waals surface area contributed by atoms with Crippen molar-refractivity contribution in [2.45, 2.75) is 77.4 Å². The van der Waals surface area contributed by atoms with Crippen LogP contribution < -0.4 is 0 Å². The zero-order valence-electron chi connectivity index (χ0n) is 14.1. The molecule has 0 aromatic carbocycles. The minimum absolute atomic E-state index is 0.427. The van der Waals surface area contributed by atoms with Crippen molar-refractivity contribution >= 4 is 0 Å². The van der Waals surface area contributed by atoms with Gasteiger partial charge in [-0.2, -0.15) is 0 Å². The molecule has 1 unspecified atom stereocenters. The number of rotatable bonds is 6. The topological polar surface area (TPSA) is 38.7 Å². The van der Waals surface area contributed by atoms with Crippen LogP contribution in [-0.4, -0.2) is 36.6 Å². The van der Waals surface area contributed by atoms with E-state index < -0.39 is 5.60 Å². The Bertz CT molecular complexity index is 289. The summed E-state index contributed by atoms with van der Waals surface area (Å²) in [5.41, 5.74) is -0.518. The lowest BCUT2D eigenvalue weighted by Gasteiger charge is -2.35. The van der Waals surface area contributed by atoms with E-state index in [0.29, 0.717) is 25.2 Å². The number of hydrogen-bond donors (Lipinski definition) is 1. The quantitative estimate of drug-likeness (QED) is 0.811. The van der Waals surface area contributed by atoms with Crippen LogP contribution in [0.5, 0.6) is 0 Å². The average molecular weight is 298 g/mol. The molecule has 0 aromatic rings. The van der Waals surface area contributed by atoms with Crippen LogP contribution in [0.25, 0.3) is 0 Å². The second-order valence-corrected chi connectivity index (χ2v) is 7.76. The van der Waals surface area contributed by atoms with Gasteiger partial charge >= 0.3 is 0 Å². The molecule has 3 heteroatoms. The summed E-state index contributed by atoms with van der Waals surface area (Å²) in [6.07, 6.45) is 7.91. The smallest absolute Gasteiger partial charge is 0.0695 e. The first kappa shape index (κ1) is 17.2. The van der Waals surface area contributed by atoms with Gasteiger partial charge in [0.1, 0.15) is 0 Å². The van der Waals surface area contributed by atoms with Gasteiger partial charge in [0, 0.05) is 19.8 Å². The summed E-state index contributed by atoms with van der Waals surface area (Å²) in [6, 6.07) is 0. The predicted molar refractivity (Wildman–Crippen MR) is 85.3 cm³/mol. The lowest BCUT2D eigenvalue weighted by molar-refractivity contribution is -0.0855. The Morgan fingerprint density at radius 3 is 2.29 bits per heavy atom. The van der Waals surface area contributed by atoms with E-state index in [1.54, 1.807) is 0 Å². The predicted octanol–water partition coefficient (Wildman–Crippen LogP) is 3.79. The van der Waals surface area contributed by atoms with Crippen molar-refractivity contribution in [1.29, 1.82) is 0 Å². The molecule has 2 aliphatic rings. The molecule has 3 nitrogen and oxygen atoms in total. The highest BCUT2D eigenvalue weighted by atomic mass is 16.5. The normalized spacial score (nSPS) is 31.3.